The van der Waals surface area contributed by atoms with Gasteiger partial charge in [0.1, 0.15) is 18.9 Å². The number of anilines is 3. The molecule has 13 nitrogen and oxygen atoms in total. The number of amides is 4. The molecule has 0 aliphatic carbocycles. The molecule has 0 radical (unpaired) electrons. The Hall–Kier alpha value is -5.43. The molecular formula is C43H60N6O7. The third-order valence-corrected chi connectivity index (χ3v) is 9.43. The zero-order valence-electron chi connectivity index (χ0n) is 34.3. The van der Waals surface area contributed by atoms with Crippen molar-refractivity contribution in [3.05, 3.63) is 83.9 Å². The Morgan fingerprint density at radius 2 is 1.46 bits per heavy atom. The SMILES string of the molecule is CCN(CC)CCOC(=O)CCN(CC(=O)N(CCC(C)C)CC(=O)C(C)(C)Nc1ccc(NC(=O)Nc2ccccc2C)cc1)C(=O)c1cccc(OC)c1. The summed E-state index contributed by atoms with van der Waals surface area (Å²) < 4.78 is 10.8. The van der Waals surface area contributed by atoms with Crippen LogP contribution in [0.5, 0.6) is 5.75 Å². The highest BCUT2D eigenvalue weighted by molar-refractivity contribution is 6.01. The highest BCUT2D eigenvalue weighted by atomic mass is 16.5. The van der Waals surface area contributed by atoms with Crippen molar-refractivity contribution >= 4 is 46.7 Å². The van der Waals surface area contributed by atoms with Gasteiger partial charge in [-0.1, -0.05) is 52.0 Å². The molecule has 0 aromatic heterocycles. The first kappa shape index (κ1) is 45.0. The van der Waals surface area contributed by atoms with Crippen molar-refractivity contribution in [1.82, 2.24) is 14.7 Å². The molecule has 4 amide bonds. The summed E-state index contributed by atoms with van der Waals surface area (Å²) in [5.74, 6) is -0.848. The molecule has 3 aromatic carbocycles. The normalized spacial score (nSPS) is 11.2. The molecule has 56 heavy (non-hydrogen) atoms. The molecular weight excluding hydrogens is 713 g/mol. The number of rotatable bonds is 22. The van der Waals surface area contributed by atoms with Gasteiger partial charge in [0.15, 0.2) is 5.78 Å². The van der Waals surface area contributed by atoms with Crippen LogP contribution < -0.4 is 20.7 Å². The number of hydrogen-bond donors (Lipinski definition) is 3. The average molecular weight is 773 g/mol. The molecule has 0 spiro atoms. The summed E-state index contributed by atoms with van der Waals surface area (Å²) >= 11 is 0. The van der Waals surface area contributed by atoms with Gasteiger partial charge in [-0.15, -0.1) is 0 Å². The smallest absolute Gasteiger partial charge is 0.323 e. The summed E-state index contributed by atoms with van der Waals surface area (Å²) in [6.45, 7) is 15.8. The topological polar surface area (TPSA) is 150 Å². The number of carbonyl (C=O) groups excluding carboxylic acids is 5. The van der Waals surface area contributed by atoms with E-state index in [2.05, 4.69) is 20.9 Å². The van der Waals surface area contributed by atoms with Crippen LogP contribution >= 0.6 is 0 Å². The molecule has 3 rings (SSSR count). The lowest BCUT2D eigenvalue weighted by Crippen LogP contribution is -2.50. The van der Waals surface area contributed by atoms with Gasteiger partial charge < -0.3 is 40.1 Å². The number of carbonyl (C=O) groups is 5. The lowest BCUT2D eigenvalue weighted by Gasteiger charge is -2.32. The lowest BCUT2D eigenvalue weighted by atomic mass is 9.97. The van der Waals surface area contributed by atoms with Crippen molar-refractivity contribution in [2.45, 2.75) is 66.8 Å². The molecule has 0 heterocycles. The second kappa shape index (κ2) is 22.2. The van der Waals surface area contributed by atoms with E-state index in [1.54, 1.807) is 62.4 Å². The number of nitrogens with zero attached hydrogens (tertiary/aromatic N) is 3. The number of nitrogens with one attached hydrogen (secondary N) is 3. The van der Waals surface area contributed by atoms with Gasteiger partial charge in [-0.25, -0.2) is 4.79 Å². The van der Waals surface area contributed by atoms with E-state index in [1.807, 2.05) is 58.9 Å². The number of aryl methyl sites for hydroxylation is 1. The van der Waals surface area contributed by atoms with E-state index in [0.717, 1.165) is 18.7 Å². The number of likely N-dealkylation sites (N-methyl/N-ethyl adjacent to an activating group) is 1. The van der Waals surface area contributed by atoms with Crippen molar-refractivity contribution in [3.8, 4) is 5.75 Å². The molecule has 0 fully saturated rings. The van der Waals surface area contributed by atoms with Crippen LogP contribution in [0.2, 0.25) is 0 Å². The van der Waals surface area contributed by atoms with E-state index in [1.165, 1.54) is 16.9 Å². The van der Waals surface area contributed by atoms with Gasteiger partial charge in [-0.05, 0) is 100 Å². The summed E-state index contributed by atoms with van der Waals surface area (Å²) in [5.41, 5.74) is 2.08. The molecule has 0 atom stereocenters. The largest absolute Gasteiger partial charge is 0.497 e. The summed E-state index contributed by atoms with van der Waals surface area (Å²) in [5, 5.41) is 8.91. The van der Waals surface area contributed by atoms with Crippen molar-refractivity contribution < 1.29 is 33.4 Å². The van der Waals surface area contributed by atoms with Crippen LogP contribution in [0, 0.1) is 12.8 Å². The van der Waals surface area contributed by atoms with Crippen LogP contribution in [0.1, 0.15) is 70.3 Å². The Balaban J connectivity index is 1.71. The number of Topliss-reactive ketones (excluding diaryl/α,β-unsaturated/α-hetero) is 1. The summed E-state index contributed by atoms with van der Waals surface area (Å²) in [4.78, 5) is 72.0. The Morgan fingerprint density at radius 1 is 0.786 bits per heavy atom. The number of esters is 1. The molecule has 0 aliphatic rings. The van der Waals surface area contributed by atoms with E-state index in [4.69, 9.17) is 9.47 Å². The van der Waals surface area contributed by atoms with Crippen LogP contribution in [-0.2, 0) is 19.1 Å². The highest BCUT2D eigenvalue weighted by Gasteiger charge is 2.31. The minimum absolute atomic E-state index is 0.0523. The predicted octanol–water partition coefficient (Wildman–Crippen LogP) is 6.70. The number of para-hydroxylation sites is 1. The van der Waals surface area contributed by atoms with Gasteiger partial charge in [0.25, 0.3) is 5.91 Å². The maximum atomic E-state index is 14.0. The molecule has 0 saturated heterocycles. The molecule has 3 N–H and O–H groups in total. The average Bonchev–Trinajstić information content (AvgIpc) is 3.17. The molecule has 304 valence electrons. The number of hydrogen-bond acceptors (Lipinski definition) is 9. The van der Waals surface area contributed by atoms with Crippen LogP contribution in [0.25, 0.3) is 0 Å². The molecule has 0 unspecified atom stereocenters. The van der Waals surface area contributed by atoms with Crippen LogP contribution in [0.3, 0.4) is 0 Å². The van der Waals surface area contributed by atoms with Crippen molar-refractivity contribution in [2.75, 3.05) is 75.5 Å². The zero-order valence-corrected chi connectivity index (χ0v) is 34.3. The first-order valence-corrected chi connectivity index (χ1v) is 19.3. The van der Waals surface area contributed by atoms with Gasteiger partial charge >= 0.3 is 12.0 Å². The number of benzene rings is 3. The molecule has 0 saturated carbocycles. The van der Waals surface area contributed by atoms with E-state index >= 15 is 0 Å². The highest BCUT2D eigenvalue weighted by Crippen LogP contribution is 2.21. The van der Waals surface area contributed by atoms with Gasteiger partial charge in [-0.2, -0.15) is 0 Å². The Bertz CT molecular complexity index is 1760. The molecule has 3 aromatic rings. The van der Waals surface area contributed by atoms with Gasteiger partial charge in [0.05, 0.1) is 25.6 Å². The maximum absolute atomic E-state index is 14.0. The fourth-order valence-corrected chi connectivity index (χ4v) is 5.72. The summed E-state index contributed by atoms with van der Waals surface area (Å²) in [6, 6.07) is 20.7. The lowest BCUT2D eigenvalue weighted by molar-refractivity contribution is -0.144. The van der Waals surface area contributed by atoms with Crippen molar-refractivity contribution in [1.29, 1.82) is 0 Å². The van der Waals surface area contributed by atoms with E-state index in [0.29, 0.717) is 47.9 Å². The third-order valence-electron chi connectivity index (χ3n) is 9.43. The van der Waals surface area contributed by atoms with E-state index in [-0.39, 0.29) is 50.4 Å². The standard InChI is InChI=1S/C43H60N6O7/c1-9-47(10-2)26-27-56-40(52)23-25-49(41(53)33-15-13-16-36(28-33)55-8)30-39(51)48(24-22-31(3)4)29-38(50)43(6,7)46-35-20-18-34(19-21-35)44-42(54)45-37-17-12-11-14-32(37)5/h11-21,28,31,46H,9-10,22-27,29-30H2,1-8H3,(H2,44,45,54). The van der Waals surface area contributed by atoms with Gasteiger partial charge in [0.2, 0.25) is 5.91 Å². The summed E-state index contributed by atoms with van der Waals surface area (Å²) in [6.07, 6.45) is 0.538. The molecule has 0 bridgehead atoms. The zero-order chi connectivity index (χ0) is 41.3. The van der Waals surface area contributed by atoms with E-state index < -0.39 is 23.3 Å². The second-order valence-corrected chi connectivity index (χ2v) is 14.6. The maximum Gasteiger partial charge on any atom is 0.323 e. The summed E-state index contributed by atoms with van der Waals surface area (Å²) in [7, 11) is 1.50. The van der Waals surface area contributed by atoms with Gasteiger partial charge in [0, 0.05) is 42.3 Å². The Kier molecular flexibility index (Phi) is 17.8. The minimum Gasteiger partial charge on any atom is -0.497 e. The Labute approximate surface area is 332 Å². The number of urea groups is 1. The fourth-order valence-electron chi connectivity index (χ4n) is 5.72. The monoisotopic (exact) mass is 772 g/mol. The van der Waals surface area contributed by atoms with Crippen molar-refractivity contribution in [2.24, 2.45) is 5.92 Å². The first-order valence-electron chi connectivity index (χ1n) is 19.3. The second-order valence-electron chi connectivity index (χ2n) is 14.6. The van der Waals surface area contributed by atoms with Crippen LogP contribution in [0.4, 0.5) is 21.9 Å². The van der Waals surface area contributed by atoms with Crippen LogP contribution in [-0.4, -0.2) is 109 Å². The van der Waals surface area contributed by atoms with Crippen LogP contribution in [0.15, 0.2) is 72.8 Å². The number of ether oxygens (including phenoxy) is 2. The van der Waals surface area contributed by atoms with Gasteiger partial charge in [-0.3, -0.25) is 19.2 Å². The molecule has 0 aliphatic heterocycles. The van der Waals surface area contributed by atoms with E-state index in [9.17, 15) is 24.0 Å². The third kappa shape index (κ3) is 14.7. The number of ketones is 1. The first-order chi connectivity index (χ1) is 26.6. The predicted molar refractivity (Wildman–Crippen MR) is 221 cm³/mol. The van der Waals surface area contributed by atoms with Crippen molar-refractivity contribution in [3.63, 3.8) is 0 Å². The quantitative estimate of drug-likeness (QED) is 0.0949. The minimum atomic E-state index is -1.08. The number of methoxy groups -OCH3 is 1. The fraction of sp³-hybridized carbons (Fsp3) is 0.465. The molecule has 13 heteroatoms. The Morgan fingerprint density at radius 3 is 2.11 bits per heavy atom.